The summed E-state index contributed by atoms with van der Waals surface area (Å²) in [7, 11) is 0. The summed E-state index contributed by atoms with van der Waals surface area (Å²) in [6, 6.07) is 6.28. The summed E-state index contributed by atoms with van der Waals surface area (Å²) < 4.78 is 19.2. The maximum atomic E-state index is 13.8. The Morgan fingerprint density at radius 1 is 1.15 bits per heavy atom. The van der Waals surface area contributed by atoms with Gasteiger partial charge in [-0.1, -0.05) is 26.0 Å². The van der Waals surface area contributed by atoms with Crippen LogP contribution < -0.4 is 0 Å². The topological polar surface area (TPSA) is 49.9 Å². The van der Waals surface area contributed by atoms with Gasteiger partial charge < -0.3 is 4.74 Å². The van der Waals surface area contributed by atoms with Crippen LogP contribution in [0.2, 0.25) is 0 Å². The first kappa shape index (κ1) is 18.3. The number of halogens is 1. The fourth-order valence-corrected chi connectivity index (χ4v) is 4.49. The number of ether oxygens (including phenoxy) is 1. The van der Waals surface area contributed by atoms with Crippen molar-refractivity contribution >= 4 is 11.7 Å². The lowest BCUT2D eigenvalue weighted by molar-refractivity contribution is -0.154. The van der Waals surface area contributed by atoms with Gasteiger partial charge in [-0.2, -0.15) is 0 Å². The van der Waals surface area contributed by atoms with Crippen molar-refractivity contribution in [3.8, 4) is 0 Å². The van der Waals surface area contributed by atoms with E-state index in [0.29, 0.717) is 50.3 Å². The summed E-state index contributed by atoms with van der Waals surface area (Å²) in [5.74, 6) is -0.679. The summed E-state index contributed by atoms with van der Waals surface area (Å²) in [5, 5.41) is 3.73. The first-order valence-corrected chi connectivity index (χ1v) is 9.53. The molecule has 0 saturated carbocycles. The van der Waals surface area contributed by atoms with Crippen LogP contribution in [0.3, 0.4) is 0 Å². The molecule has 5 nitrogen and oxygen atoms in total. The van der Waals surface area contributed by atoms with Gasteiger partial charge in [0.25, 0.3) is 0 Å². The summed E-state index contributed by atoms with van der Waals surface area (Å²) in [5.41, 5.74) is 1.98. The first-order valence-electron chi connectivity index (χ1n) is 9.53. The molecule has 1 aromatic carbocycles. The molecule has 1 saturated heterocycles. The minimum atomic E-state index is -0.371. The lowest BCUT2D eigenvalue weighted by Gasteiger charge is -2.47. The number of hydrazine groups is 1. The molecule has 0 aromatic heterocycles. The maximum Gasteiger partial charge on any atom is 0.242 e. The van der Waals surface area contributed by atoms with Crippen molar-refractivity contribution in [2.45, 2.75) is 39.0 Å². The molecule has 0 radical (unpaired) electrons. The Morgan fingerprint density at radius 3 is 2.59 bits per heavy atom. The Bertz CT molecular complexity index is 811. The Balaban J connectivity index is 1.82. The molecule has 27 heavy (non-hydrogen) atoms. The van der Waals surface area contributed by atoms with Gasteiger partial charge >= 0.3 is 0 Å². The van der Waals surface area contributed by atoms with Gasteiger partial charge in [-0.05, 0) is 29.5 Å². The minimum absolute atomic E-state index is 0.0320. The fraction of sp³-hybridized carbons (Fsp3) is 0.524. The van der Waals surface area contributed by atoms with Crippen LogP contribution in [0.25, 0.3) is 0 Å². The van der Waals surface area contributed by atoms with Crippen molar-refractivity contribution in [2.24, 2.45) is 5.41 Å². The quantitative estimate of drug-likeness (QED) is 0.801. The molecule has 6 heteroatoms. The average molecular weight is 372 g/mol. The van der Waals surface area contributed by atoms with E-state index in [9.17, 15) is 14.0 Å². The van der Waals surface area contributed by atoms with Crippen LogP contribution in [0.15, 0.2) is 35.5 Å². The molecule has 1 aromatic rings. The van der Waals surface area contributed by atoms with Crippen molar-refractivity contribution in [3.05, 3.63) is 46.9 Å². The van der Waals surface area contributed by atoms with Crippen molar-refractivity contribution in [1.82, 2.24) is 10.0 Å². The highest BCUT2D eigenvalue weighted by Gasteiger charge is 2.45. The molecule has 1 unspecified atom stereocenters. The van der Waals surface area contributed by atoms with E-state index in [2.05, 4.69) is 13.8 Å². The predicted octanol–water partition coefficient (Wildman–Crippen LogP) is 3.03. The number of Topliss-reactive ketones (excluding diaryl/α,β-unsaturated/α-hetero) is 1. The van der Waals surface area contributed by atoms with E-state index >= 15 is 0 Å². The molecular formula is C21H25FN2O3. The Morgan fingerprint density at radius 2 is 1.89 bits per heavy atom. The highest BCUT2D eigenvalue weighted by atomic mass is 19.1. The molecule has 0 bridgehead atoms. The van der Waals surface area contributed by atoms with Crippen LogP contribution in [0.4, 0.5) is 4.39 Å². The second kappa shape index (κ2) is 6.84. The summed E-state index contributed by atoms with van der Waals surface area (Å²) >= 11 is 0. The standard InChI is InChI=1S/C21H25FN2O3/c1-21(2)12-17-20(18(25)13-21)16(14-4-3-5-15(22)10-14)11-19(26)24(17)23-6-8-27-9-7-23/h3-5,10,16H,6-9,11-13H2,1-2H3. The second-order valence-corrected chi connectivity index (χ2v) is 8.38. The Labute approximate surface area is 158 Å². The number of hydrogen-bond acceptors (Lipinski definition) is 4. The number of ketones is 1. The number of hydrogen-bond donors (Lipinski definition) is 0. The first-order chi connectivity index (χ1) is 12.9. The van der Waals surface area contributed by atoms with E-state index in [1.165, 1.54) is 12.1 Å². The number of carbonyl (C=O) groups excluding carboxylic acids is 2. The lowest BCUT2D eigenvalue weighted by atomic mass is 9.69. The van der Waals surface area contributed by atoms with Gasteiger partial charge in [0.1, 0.15) is 5.82 Å². The summed E-state index contributed by atoms with van der Waals surface area (Å²) in [4.78, 5) is 26.3. The molecule has 1 fully saturated rings. The van der Waals surface area contributed by atoms with Crippen LogP contribution in [0.1, 0.15) is 44.6 Å². The molecule has 3 aliphatic rings. The zero-order valence-corrected chi connectivity index (χ0v) is 15.8. The summed E-state index contributed by atoms with van der Waals surface area (Å²) in [6.07, 6.45) is 1.29. The predicted molar refractivity (Wildman–Crippen MR) is 98.0 cm³/mol. The number of amides is 1. The van der Waals surface area contributed by atoms with Crippen LogP contribution in [-0.4, -0.2) is 48.0 Å². The monoisotopic (exact) mass is 372 g/mol. The molecule has 0 N–H and O–H groups in total. The van der Waals surface area contributed by atoms with Crippen molar-refractivity contribution in [2.75, 3.05) is 26.3 Å². The smallest absolute Gasteiger partial charge is 0.242 e. The zero-order chi connectivity index (χ0) is 19.2. The SMILES string of the molecule is CC1(C)CC(=O)C2=C(C1)N(N1CCOCC1)C(=O)CC2c1cccc(F)c1. The van der Waals surface area contributed by atoms with Gasteiger partial charge in [0.05, 0.1) is 13.2 Å². The van der Waals surface area contributed by atoms with Gasteiger partial charge in [-0.15, -0.1) is 0 Å². The van der Waals surface area contributed by atoms with Crippen LogP contribution in [0.5, 0.6) is 0 Å². The zero-order valence-electron chi connectivity index (χ0n) is 15.8. The Hall–Kier alpha value is -2.05. The number of morpholine rings is 1. The maximum absolute atomic E-state index is 13.8. The van der Waals surface area contributed by atoms with Crippen LogP contribution in [0, 0.1) is 11.2 Å². The fourth-order valence-electron chi connectivity index (χ4n) is 4.49. The highest BCUT2D eigenvalue weighted by Crippen LogP contribution is 2.47. The number of benzene rings is 1. The van der Waals surface area contributed by atoms with E-state index < -0.39 is 0 Å². The molecule has 2 aliphatic heterocycles. The molecule has 1 aliphatic carbocycles. The average Bonchev–Trinajstić information content (AvgIpc) is 2.60. The van der Waals surface area contributed by atoms with Crippen molar-refractivity contribution in [3.63, 3.8) is 0 Å². The minimum Gasteiger partial charge on any atom is -0.379 e. The normalized spacial score (nSPS) is 26.3. The van der Waals surface area contributed by atoms with Crippen molar-refractivity contribution in [1.29, 1.82) is 0 Å². The van der Waals surface area contributed by atoms with Gasteiger partial charge in [0, 0.05) is 43.1 Å². The highest BCUT2D eigenvalue weighted by molar-refractivity contribution is 6.01. The van der Waals surface area contributed by atoms with Crippen molar-refractivity contribution < 1.29 is 18.7 Å². The van der Waals surface area contributed by atoms with E-state index in [1.54, 1.807) is 11.1 Å². The van der Waals surface area contributed by atoms with Crippen LogP contribution in [-0.2, 0) is 14.3 Å². The lowest BCUT2D eigenvalue weighted by Crippen LogP contribution is -2.55. The largest absolute Gasteiger partial charge is 0.379 e. The van der Waals surface area contributed by atoms with Gasteiger partial charge in [-0.25, -0.2) is 14.4 Å². The van der Waals surface area contributed by atoms with Crippen LogP contribution >= 0.6 is 0 Å². The summed E-state index contributed by atoms with van der Waals surface area (Å²) in [6.45, 7) is 6.50. The van der Waals surface area contributed by atoms with Gasteiger partial charge in [-0.3, -0.25) is 9.59 Å². The number of carbonyl (C=O) groups is 2. The molecule has 1 amide bonds. The second-order valence-electron chi connectivity index (χ2n) is 8.38. The number of allylic oxidation sites excluding steroid dienone is 2. The molecular weight excluding hydrogens is 347 g/mol. The molecule has 144 valence electrons. The van der Waals surface area contributed by atoms with Gasteiger partial charge in [0.15, 0.2) is 5.78 Å². The molecule has 4 rings (SSSR count). The Kier molecular flexibility index (Phi) is 4.64. The third kappa shape index (κ3) is 3.44. The molecule has 0 spiro atoms. The van der Waals surface area contributed by atoms with E-state index in [-0.39, 0.29) is 35.3 Å². The molecule has 1 atom stereocenters. The van der Waals surface area contributed by atoms with E-state index in [1.807, 2.05) is 11.1 Å². The van der Waals surface area contributed by atoms with E-state index in [4.69, 9.17) is 4.74 Å². The number of nitrogens with zero attached hydrogens (tertiary/aromatic N) is 2. The third-order valence-corrected chi connectivity index (χ3v) is 5.64. The third-order valence-electron chi connectivity index (χ3n) is 5.64. The van der Waals surface area contributed by atoms with E-state index in [0.717, 1.165) is 5.70 Å². The molecule has 2 heterocycles. The number of rotatable bonds is 2. The van der Waals surface area contributed by atoms with Gasteiger partial charge in [0.2, 0.25) is 5.91 Å².